The van der Waals surface area contributed by atoms with Crippen LogP contribution in [-0.2, 0) is 6.42 Å². The van der Waals surface area contributed by atoms with Crippen molar-refractivity contribution in [1.82, 2.24) is 0 Å². The molecule has 2 aromatic heterocycles. The molecule has 0 fully saturated rings. The normalized spacial score (nSPS) is 11.9. The Morgan fingerprint density at radius 1 is 0.500 bits per heavy atom. The van der Waals surface area contributed by atoms with E-state index in [1.807, 2.05) is 28.7 Å². The van der Waals surface area contributed by atoms with E-state index in [2.05, 4.69) is 109 Å². The van der Waals surface area contributed by atoms with E-state index in [-0.39, 0.29) is 0 Å². The molecule has 0 nitrogen and oxygen atoms in total. The van der Waals surface area contributed by atoms with Crippen molar-refractivity contribution in [2.45, 2.75) is 6.42 Å². The minimum absolute atomic E-state index is 0.801. The monoisotopic (exact) mass is 540 g/mol. The Hall–Kier alpha value is -3.69. The van der Waals surface area contributed by atoms with Crippen LogP contribution >= 0.6 is 34.3 Å². The van der Waals surface area contributed by atoms with E-state index in [1.54, 1.807) is 0 Å². The molecule has 0 aliphatic carbocycles. The molecule has 0 amide bonds. The zero-order chi connectivity index (χ0) is 25.2. The van der Waals surface area contributed by atoms with Crippen LogP contribution in [0.3, 0.4) is 0 Å². The molecule has 0 unspecified atom stereocenters. The van der Waals surface area contributed by atoms with E-state index in [0.29, 0.717) is 0 Å². The minimum Gasteiger partial charge on any atom is -0.135 e. The summed E-state index contributed by atoms with van der Waals surface area (Å²) < 4.78 is 5.39. The maximum atomic E-state index is 6.91. The minimum atomic E-state index is 0.801. The van der Waals surface area contributed by atoms with Crippen LogP contribution in [0.15, 0.2) is 115 Å². The molecule has 8 aromatic rings. The standard InChI is InChI=1S/C35H21ClS2/c36-28-20-22(21-8-2-1-3-9-21)14-15-23(28)18-25-19-24-16-17-31-33(26-10-4-6-12-29(26)37-31)32(24)34-27-11-5-7-13-30(27)38-35(25)34/h1-17,19-20H,18H2. The largest absolute Gasteiger partial charge is 0.135 e. The van der Waals surface area contributed by atoms with Crippen LogP contribution in [0.5, 0.6) is 0 Å². The van der Waals surface area contributed by atoms with E-state index >= 15 is 0 Å². The summed E-state index contributed by atoms with van der Waals surface area (Å²) in [4.78, 5) is 0. The van der Waals surface area contributed by atoms with Gasteiger partial charge < -0.3 is 0 Å². The Morgan fingerprint density at radius 3 is 2.00 bits per heavy atom. The second kappa shape index (κ2) is 8.68. The maximum absolute atomic E-state index is 6.91. The van der Waals surface area contributed by atoms with Crippen LogP contribution in [-0.4, -0.2) is 0 Å². The molecule has 0 N–H and O–H groups in total. The quantitative estimate of drug-likeness (QED) is 0.209. The summed E-state index contributed by atoms with van der Waals surface area (Å²) in [6.07, 6.45) is 0.801. The maximum Gasteiger partial charge on any atom is 0.0447 e. The smallest absolute Gasteiger partial charge is 0.0447 e. The van der Waals surface area contributed by atoms with Gasteiger partial charge >= 0.3 is 0 Å². The van der Waals surface area contributed by atoms with Crippen molar-refractivity contribution < 1.29 is 0 Å². The van der Waals surface area contributed by atoms with Gasteiger partial charge in [-0.2, -0.15) is 0 Å². The van der Waals surface area contributed by atoms with E-state index in [1.165, 1.54) is 62.2 Å². The number of hydrogen-bond donors (Lipinski definition) is 0. The highest BCUT2D eigenvalue weighted by Gasteiger charge is 2.18. The predicted molar refractivity (Wildman–Crippen MR) is 169 cm³/mol. The molecule has 0 aliphatic rings. The van der Waals surface area contributed by atoms with Crippen molar-refractivity contribution in [3.05, 3.63) is 131 Å². The van der Waals surface area contributed by atoms with Crippen LogP contribution in [0.1, 0.15) is 11.1 Å². The average Bonchev–Trinajstić information content (AvgIpc) is 3.54. The van der Waals surface area contributed by atoms with Crippen LogP contribution in [0, 0.1) is 0 Å². The molecule has 0 aliphatic heterocycles. The highest BCUT2D eigenvalue weighted by molar-refractivity contribution is 7.27. The van der Waals surface area contributed by atoms with Gasteiger partial charge in [0.25, 0.3) is 0 Å². The summed E-state index contributed by atoms with van der Waals surface area (Å²) in [5.41, 5.74) is 4.83. The molecular formula is C35H21ClS2. The van der Waals surface area contributed by atoms with Gasteiger partial charge in [-0.05, 0) is 58.0 Å². The molecule has 38 heavy (non-hydrogen) atoms. The van der Waals surface area contributed by atoms with Gasteiger partial charge in [0.1, 0.15) is 0 Å². The lowest BCUT2D eigenvalue weighted by atomic mass is 9.93. The third-order valence-electron chi connectivity index (χ3n) is 7.58. The number of halogens is 1. The van der Waals surface area contributed by atoms with Crippen molar-refractivity contribution in [3.63, 3.8) is 0 Å². The Kier molecular flexibility index (Phi) is 5.09. The summed E-state index contributed by atoms with van der Waals surface area (Å²) in [5, 5.41) is 8.94. The fraction of sp³-hybridized carbons (Fsp3) is 0.0286. The van der Waals surface area contributed by atoms with Gasteiger partial charge in [-0.15, -0.1) is 22.7 Å². The van der Waals surface area contributed by atoms with Crippen LogP contribution in [0.2, 0.25) is 5.02 Å². The Morgan fingerprint density at radius 2 is 1.21 bits per heavy atom. The molecule has 180 valence electrons. The van der Waals surface area contributed by atoms with E-state index < -0.39 is 0 Å². The van der Waals surface area contributed by atoms with Crippen LogP contribution in [0.25, 0.3) is 62.2 Å². The van der Waals surface area contributed by atoms with Gasteiger partial charge in [-0.1, -0.05) is 96.5 Å². The third-order valence-corrected chi connectivity index (χ3v) is 10.3. The SMILES string of the molecule is Clc1cc(-c2ccccc2)ccc1Cc1cc2ccc3sc4ccccc4c3c2c2c1sc1ccccc12. The molecule has 0 bridgehead atoms. The van der Waals surface area contributed by atoms with E-state index in [4.69, 9.17) is 11.6 Å². The van der Waals surface area contributed by atoms with Gasteiger partial charge in [0, 0.05) is 57.2 Å². The first kappa shape index (κ1) is 22.3. The number of hydrogen-bond acceptors (Lipinski definition) is 2. The van der Waals surface area contributed by atoms with Crippen molar-refractivity contribution in [3.8, 4) is 11.1 Å². The van der Waals surface area contributed by atoms with E-state index in [0.717, 1.165) is 22.6 Å². The lowest BCUT2D eigenvalue weighted by Crippen LogP contribution is -1.92. The summed E-state index contributed by atoms with van der Waals surface area (Å²) in [7, 11) is 0. The first-order chi connectivity index (χ1) is 18.7. The van der Waals surface area contributed by atoms with Gasteiger partial charge in [0.15, 0.2) is 0 Å². The summed E-state index contributed by atoms with van der Waals surface area (Å²) in [5.74, 6) is 0. The first-order valence-electron chi connectivity index (χ1n) is 12.8. The molecule has 2 heterocycles. The summed E-state index contributed by atoms with van der Waals surface area (Å²) in [6.45, 7) is 0. The van der Waals surface area contributed by atoms with E-state index in [9.17, 15) is 0 Å². The molecular weight excluding hydrogens is 520 g/mol. The number of thiophene rings is 2. The molecule has 0 spiro atoms. The summed E-state index contributed by atoms with van der Waals surface area (Å²) >= 11 is 10.7. The van der Waals surface area contributed by atoms with Crippen molar-refractivity contribution in [1.29, 1.82) is 0 Å². The fourth-order valence-corrected chi connectivity index (χ4v) is 8.42. The van der Waals surface area contributed by atoms with Gasteiger partial charge in [0.2, 0.25) is 0 Å². The zero-order valence-electron chi connectivity index (χ0n) is 20.4. The Labute approximate surface area is 233 Å². The van der Waals surface area contributed by atoms with Gasteiger partial charge in [-0.3, -0.25) is 0 Å². The molecule has 3 heteroatoms. The third kappa shape index (κ3) is 3.41. The van der Waals surface area contributed by atoms with Gasteiger partial charge in [0.05, 0.1) is 0 Å². The number of rotatable bonds is 3. The highest BCUT2D eigenvalue weighted by Crippen LogP contribution is 2.47. The fourth-order valence-electron chi connectivity index (χ4n) is 5.83. The van der Waals surface area contributed by atoms with Crippen molar-refractivity contribution in [2.75, 3.05) is 0 Å². The predicted octanol–water partition coefficient (Wildman–Crippen LogP) is 11.5. The zero-order valence-corrected chi connectivity index (χ0v) is 22.8. The average molecular weight is 541 g/mol. The Bertz CT molecular complexity index is 2170. The van der Waals surface area contributed by atoms with Crippen molar-refractivity contribution in [2.24, 2.45) is 0 Å². The topological polar surface area (TPSA) is 0 Å². The molecule has 0 saturated carbocycles. The van der Waals surface area contributed by atoms with Crippen molar-refractivity contribution >= 4 is 85.4 Å². The molecule has 0 atom stereocenters. The first-order valence-corrected chi connectivity index (χ1v) is 14.8. The van der Waals surface area contributed by atoms with Crippen LogP contribution in [0.4, 0.5) is 0 Å². The molecule has 8 rings (SSSR count). The molecule has 6 aromatic carbocycles. The Balaban J connectivity index is 1.39. The molecule has 0 radical (unpaired) electrons. The lowest BCUT2D eigenvalue weighted by molar-refractivity contribution is 1.22. The second-order valence-corrected chi connectivity index (χ2v) is 12.4. The second-order valence-electron chi connectivity index (χ2n) is 9.82. The summed E-state index contributed by atoms with van der Waals surface area (Å²) in [6, 6.07) is 41.6. The number of fused-ring (bicyclic) bond motifs is 9. The van der Waals surface area contributed by atoms with Gasteiger partial charge in [-0.25, -0.2) is 0 Å². The highest BCUT2D eigenvalue weighted by atomic mass is 35.5. The lowest BCUT2D eigenvalue weighted by Gasteiger charge is -2.12. The molecule has 0 saturated heterocycles. The number of benzene rings is 6. The van der Waals surface area contributed by atoms with Crippen LogP contribution < -0.4 is 0 Å².